The predicted molar refractivity (Wildman–Crippen MR) is 101 cm³/mol. The highest BCUT2D eigenvalue weighted by atomic mass is 32.2. The van der Waals surface area contributed by atoms with Crippen molar-refractivity contribution in [3.8, 4) is 5.75 Å². The van der Waals surface area contributed by atoms with Crippen LogP contribution in [0.25, 0.3) is 0 Å². The van der Waals surface area contributed by atoms with Gasteiger partial charge in [0, 0.05) is 6.54 Å². The molecule has 1 aliphatic rings. The van der Waals surface area contributed by atoms with Crippen molar-refractivity contribution < 1.29 is 13.2 Å². The minimum atomic E-state index is -3.56. The van der Waals surface area contributed by atoms with E-state index in [9.17, 15) is 8.42 Å². The molecule has 1 saturated carbocycles. The highest BCUT2D eigenvalue weighted by molar-refractivity contribution is 7.92. The lowest BCUT2D eigenvalue weighted by atomic mass is 10.2. The summed E-state index contributed by atoms with van der Waals surface area (Å²) in [6.07, 6.45) is 4.95. The van der Waals surface area contributed by atoms with Gasteiger partial charge in [0.1, 0.15) is 5.75 Å². The molecule has 1 fully saturated rings. The Morgan fingerprint density at radius 3 is 2.16 bits per heavy atom. The molecule has 5 heteroatoms. The van der Waals surface area contributed by atoms with Gasteiger partial charge in [0.25, 0.3) is 10.0 Å². The Labute approximate surface area is 150 Å². The van der Waals surface area contributed by atoms with Crippen LogP contribution in [-0.2, 0) is 10.0 Å². The number of rotatable bonds is 6. The van der Waals surface area contributed by atoms with E-state index in [0.717, 1.165) is 24.2 Å². The maximum absolute atomic E-state index is 12.9. The summed E-state index contributed by atoms with van der Waals surface area (Å²) < 4.78 is 33.3. The summed E-state index contributed by atoms with van der Waals surface area (Å²) in [5.74, 6) is 0.805. The zero-order valence-corrected chi connectivity index (χ0v) is 15.6. The summed E-state index contributed by atoms with van der Waals surface area (Å²) in [6.45, 7) is 4.16. The second-order valence-electron chi connectivity index (χ2n) is 6.50. The second-order valence-corrected chi connectivity index (χ2v) is 8.36. The van der Waals surface area contributed by atoms with E-state index >= 15 is 0 Å². The number of nitrogens with zero attached hydrogens (tertiary/aromatic N) is 1. The Morgan fingerprint density at radius 2 is 1.60 bits per heavy atom. The van der Waals surface area contributed by atoms with Crippen molar-refractivity contribution in [2.45, 2.75) is 50.5 Å². The molecule has 134 valence electrons. The van der Waals surface area contributed by atoms with Crippen molar-refractivity contribution in [3.05, 3.63) is 54.1 Å². The van der Waals surface area contributed by atoms with Crippen molar-refractivity contribution >= 4 is 15.7 Å². The second kappa shape index (κ2) is 7.48. The SMILES string of the molecule is CCN(c1ccc(OC2CCCC2)cc1)S(=O)(=O)c1ccc(C)cc1. The fraction of sp³-hybridized carbons (Fsp3) is 0.400. The molecule has 0 aromatic heterocycles. The van der Waals surface area contributed by atoms with Crippen LogP contribution >= 0.6 is 0 Å². The Bertz CT molecular complexity index is 792. The first-order valence-corrected chi connectivity index (χ1v) is 10.3. The molecule has 0 radical (unpaired) electrons. The number of hydrogen-bond donors (Lipinski definition) is 0. The van der Waals surface area contributed by atoms with Gasteiger partial charge in [-0.1, -0.05) is 17.7 Å². The molecule has 0 unspecified atom stereocenters. The Hall–Kier alpha value is -2.01. The molecule has 0 amide bonds. The minimum Gasteiger partial charge on any atom is -0.490 e. The van der Waals surface area contributed by atoms with E-state index < -0.39 is 10.0 Å². The van der Waals surface area contributed by atoms with Crippen LogP contribution in [-0.4, -0.2) is 21.1 Å². The molecule has 0 bridgehead atoms. The van der Waals surface area contributed by atoms with Gasteiger partial charge >= 0.3 is 0 Å². The van der Waals surface area contributed by atoms with Crippen LogP contribution in [0.2, 0.25) is 0 Å². The minimum absolute atomic E-state index is 0.296. The Kier molecular flexibility index (Phi) is 5.33. The first-order valence-electron chi connectivity index (χ1n) is 8.87. The predicted octanol–water partition coefficient (Wildman–Crippen LogP) is 4.53. The third-order valence-electron chi connectivity index (χ3n) is 4.63. The van der Waals surface area contributed by atoms with E-state index in [2.05, 4.69) is 0 Å². The van der Waals surface area contributed by atoms with E-state index in [1.54, 1.807) is 12.1 Å². The summed E-state index contributed by atoms with van der Waals surface area (Å²) in [4.78, 5) is 0.311. The van der Waals surface area contributed by atoms with E-state index in [0.29, 0.717) is 23.2 Å². The average molecular weight is 359 g/mol. The van der Waals surface area contributed by atoms with Gasteiger partial charge in [-0.2, -0.15) is 0 Å². The van der Waals surface area contributed by atoms with Crippen LogP contribution in [0.3, 0.4) is 0 Å². The highest BCUT2D eigenvalue weighted by Crippen LogP contribution is 2.28. The van der Waals surface area contributed by atoms with Gasteiger partial charge in [0.15, 0.2) is 0 Å². The fourth-order valence-corrected chi connectivity index (χ4v) is 4.69. The van der Waals surface area contributed by atoms with Crippen LogP contribution < -0.4 is 9.04 Å². The van der Waals surface area contributed by atoms with E-state index in [1.165, 1.54) is 17.1 Å². The smallest absolute Gasteiger partial charge is 0.264 e. The van der Waals surface area contributed by atoms with Gasteiger partial charge in [0.05, 0.1) is 16.7 Å². The van der Waals surface area contributed by atoms with E-state index in [-0.39, 0.29) is 0 Å². The van der Waals surface area contributed by atoms with Crippen molar-refractivity contribution in [1.82, 2.24) is 0 Å². The van der Waals surface area contributed by atoms with Gasteiger partial charge in [0.2, 0.25) is 0 Å². The molecule has 0 heterocycles. The van der Waals surface area contributed by atoms with Crippen LogP contribution in [0.15, 0.2) is 53.4 Å². The van der Waals surface area contributed by atoms with Crippen molar-refractivity contribution in [3.63, 3.8) is 0 Å². The third kappa shape index (κ3) is 3.98. The van der Waals surface area contributed by atoms with E-state index in [4.69, 9.17) is 4.74 Å². The molecule has 0 N–H and O–H groups in total. The molecular formula is C20H25NO3S. The van der Waals surface area contributed by atoms with Crippen LogP contribution in [0.4, 0.5) is 5.69 Å². The summed E-state index contributed by atoms with van der Waals surface area (Å²) >= 11 is 0. The number of hydrogen-bond acceptors (Lipinski definition) is 3. The van der Waals surface area contributed by atoms with Crippen LogP contribution in [0.1, 0.15) is 38.2 Å². The molecule has 0 atom stereocenters. The molecule has 2 aromatic rings. The normalized spacial score (nSPS) is 15.3. The number of aryl methyl sites for hydroxylation is 1. The highest BCUT2D eigenvalue weighted by Gasteiger charge is 2.23. The van der Waals surface area contributed by atoms with Gasteiger partial charge in [-0.25, -0.2) is 8.42 Å². The zero-order valence-electron chi connectivity index (χ0n) is 14.8. The number of anilines is 1. The summed E-state index contributed by atoms with van der Waals surface area (Å²) in [7, 11) is -3.56. The molecule has 3 rings (SSSR count). The van der Waals surface area contributed by atoms with Crippen LogP contribution in [0.5, 0.6) is 5.75 Å². The first-order chi connectivity index (χ1) is 12.0. The van der Waals surface area contributed by atoms with Gasteiger partial charge in [-0.05, 0) is 75.9 Å². The molecule has 1 aliphatic carbocycles. The molecule has 4 nitrogen and oxygen atoms in total. The first kappa shape index (κ1) is 17.8. The Balaban J connectivity index is 1.81. The van der Waals surface area contributed by atoms with E-state index in [1.807, 2.05) is 50.2 Å². The molecular weight excluding hydrogens is 334 g/mol. The summed E-state index contributed by atoms with van der Waals surface area (Å²) in [5, 5.41) is 0. The van der Waals surface area contributed by atoms with Gasteiger partial charge < -0.3 is 4.74 Å². The lowest BCUT2D eigenvalue weighted by molar-refractivity contribution is 0.210. The average Bonchev–Trinajstić information content (AvgIpc) is 3.10. The number of benzene rings is 2. The largest absolute Gasteiger partial charge is 0.490 e. The van der Waals surface area contributed by atoms with Gasteiger partial charge in [-0.15, -0.1) is 0 Å². The maximum Gasteiger partial charge on any atom is 0.264 e. The number of ether oxygens (including phenoxy) is 1. The summed E-state index contributed by atoms with van der Waals surface area (Å²) in [6, 6.07) is 14.3. The third-order valence-corrected chi connectivity index (χ3v) is 6.54. The fourth-order valence-electron chi connectivity index (χ4n) is 3.22. The quantitative estimate of drug-likeness (QED) is 0.761. The molecule has 0 saturated heterocycles. The van der Waals surface area contributed by atoms with Crippen molar-refractivity contribution in [2.24, 2.45) is 0 Å². The van der Waals surface area contributed by atoms with Crippen molar-refractivity contribution in [1.29, 1.82) is 0 Å². The maximum atomic E-state index is 12.9. The molecule has 0 aliphatic heterocycles. The lowest BCUT2D eigenvalue weighted by Crippen LogP contribution is -2.30. The lowest BCUT2D eigenvalue weighted by Gasteiger charge is -2.23. The Morgan fingerprint density at radius 1 is 1.00 bits per heavy atom. The molecule has 2 aromatic carbocycles. The molecule has 25 heavy (non-hydrogen) atoms. The topological polar surface area (TPSA) is 46.6 Å². The standard InChI is InChI=1S/C20H25NO3S/c1-3-21(25(22,23)20-14-8-16(2)9-15-20)17-10-12-19(13-11-17)24-18-6-4-5-7-18/h8-15,18H,3-7H2,1-2H3. The zero-order chi connectivity index (χ0) is 17.9. The number of sulfonamides is 1. The van der Waals surface area contributed by atoms with Crippen LogP contribution in [0, 0.1) is 6.92 Å². The molecule has 0 spiro atoms. The summed E-state index contributed by atoms with van der Waals surface area (Å²) in [5.41, 5.74) is 1.69. The van der Waals surface area contributed by atoms with Crippen molar-refractivity contribution in [2.75, 3.05) is 10.8 Å². The van der Waals surface area contributed by atoms with Gasteiger partial charge in [-0.3, -0.25) is 4.31 Å². The monoisotopic (exact) mass is 359 g/mol.